The Bertz CT molecular complexity index is 711. The van der Waals surface area contributed by atoms with Gasteiger partial charge >= 0.3 is 12.4 Å². The highest BCUT2D eigenvalue weighted by atomic mass is 35.5. The van der Waals surface area contributed by atoms with Crippen LogP contribution in [0.4, 0.5) is 36.4 Å². The fourth-order valence-corrected chi connectivity index (χ4v) is 1.87. The Morgan fingerprint density at radius 3 is 1.80 bits per heavy atom. The van der Waals surface area contributed by atoms with Crippen LogP contribution in [-0.2, 0) is 19.0 Å². The summed E-state index contributed by atoms with van der Waals surface area (Å²) in [7, 11) is 0. The van der Waals surface area contributed by atoms with Crippen molar-refractivity contribution >= 4 is 18.1 Å². The Morgan fingerprint density at radius 2 is 1.36 bits per heavy atom. The van der Waals surface area contributed by atoms with Gasteiger partial charge in [0, 0.05) is 6.07 Å². The molecule has 2 aromatic carbocycles. The number of hydrogen-bond acceptors (Lipinski definition) is 2. The number of nitrogens with two attached hydrogens (primary N) is 1. The topological polar surface area (TPSA) is 35.2 Å². The highest BCUT2D eigenvalue weighted by Gasteiger charge is 2.36. The summed E-state index contributed by atoms with van der Waals surface area (Å²) in [6.07, 6.45) is -9.88. The van der Waals surface area contributed by atoms with Gasteiger partial charge in [0.15, 0.2) is 0 Å². The standard InChI is InChI=1S/C15H10F7NO.ClH/c16-12-6-11(1-2-13(12)23)24-7-8-3-9(14(17,18)19)5-10(4-8)15(20,21)22;/h1-6H,7,23H2;1H. The monoisotopic (exact) mass is 389 g/mol. The van der Waals surface area contributed by atoms with E-state index in [4.69, 9.17) is 10.5 Å². The first kappa shape index (κ1) is 20.9. The number of alkyl halides is 6. The summed E-state index contributed by atoms with van der Waals surface area (Å²) in [6.45, 7) is -0.601. The minimum Gasteiger partial charge on any atom is -0.489 e. The van der Waals surface area contributed by atoms with Crippen LogP contribution in [-0.4, -0.2) is 0 Å². The van der Waals surface area contributed by atoms with Gasteiger partial charge in [-0.15, -0.1) is 12.4 Å². The molecule has 2 rings (SSSR count). The van der Waals surface area contributed by atoms with Gasteiger partial charge in [-0.1, -0.05) is 0 Å². The molecule has 0 heterocycles. The van der Waals surface area contributed by atoms with Crippen molar-refractivity contribution in [2.75, 3.05) is 5.73 Å². The van der Waals surface area contributed by atoms with Crippen LogP contribution in [0.3, 0.4) is 0 Å². The van der Waals surface area contributed by atoms with Gasteiger partial charge in [-0.05, 0) is 35.9 Å². The van der Waals surface area contributed by atoms with E-state index in [9.17, 15) is 30.7 Å². The molecule has 0 aliphatic rings. The summed E-state index contributed by atoms with van der Waals surface area (Å²) in [5.41, 5.74) is 1.84. The second-order valence-corrected chi connectivity index (χ2v) is 4.89. The molecule has 25 heavy (non-hydrogen) atoms. The van der Waals surface area contributed by atoms with E-state index in [-0.39, 0.29) is 35.5 Å². The van der Waals surface area contributed by atoms with Crippen molar-refractivity contribution in [3.63, 3.8) is 0 Å². The first-order chi connectivity index (χ1) is 11.0. The van der Waals surface area contributed by atoms with Gasteiger partial charge in [0.25, 0.3) is 0 Å². The number of hydrogen-bond donors (Lipinski definition) is 1. The third-order valence-corrected chi connectivity index (χ3v) is 3.02. The molecule has 2 aromatic rings. The molecule has 138 valence electrons. The van der Waals surface area contributed by atoms with Gasteiger partial charge in [-0.25, -0.2) is 4.39 Å². The van der Waals surface area contributed by atoms with E-state index in [0.29, 0.717) is 12.1 Å². The second-order valence-electron chi connectivity index (χ2n) is 4.89. The molecule has 0 amide bonds. The molecule has 0 radical (unpaired) electrons. The highest BCUT2D eigenvalue weighted by molar-refractivity contribution is 5.85. The van der Waals surface area contributed by atoms with Crippen LogP contribution in [0.1, 0.15) is 16.7 Å². The summed E-state index contributed by atoms with van der Waals surface area (Å²) < 4.78 is 94.6. The van der Waals surface area contributed by atoms with Crippen LogP contribution < -0.4 is 10.5 Å². The SMILES string of the molecule is Cl.Nc1ccc(OCc2cc(C(F)(F)F)cc(C(F)(F)F)c2)cc1F. The molecule has 0 atom stereocenters. The van der Waals surface area contributed by atoms with Crippen LogP contribution >= 0.6 is 12.4 Å². The lowest BCUT2D eigenvalue weighted by Crippen LogP contribution is -2.12. The average Bonchev–Trinajstić information content (AvgIpc) is 2.46. The van der Waals surface area contributed by atoms with Crippen molar-refractivity contribution in [3.8, 4) is 5.75 Å². The molecule has 0 aromatic heterocycles. The van der Waals surface area contributed by atoms with Gasteiger partial charge in [-0.2, -0.15) is 26.3 Å². The molecule has 10 heteroatoms. The van der Waals surface area contributed by atoms with Crippen molar-refractivity contribution in [3.05, 3.63) is 58.9 Å². The number of ether oxygens (including phenoxy) is 1. The van der Waals surface area contributed by atoms with E-state index in [2.05, 4.69) is 0 Å². The Balaban J connectivity index is 0.00000312. The Labute approximate surface area is 143 Å². The first-order valence-electron chi connectivity index (χ1n) is 6.43. The number of halogens is 8. The summed E-state index contributed by atoms with van der Waals surface area (Å²) >= 11 is 0. The molecule has 0 saturated carbocycles. The normalized spacial score (nSPS) is 11.8. The van der Waals surface area contributed by atoms with Crippen molar-refractivity contribution in [1.29, 1.82) is 0 Å². The zero-order valence-electron chi connectivity index (χ0n) is 12.2. The predicted octanol–water partition coefficient (Wildman–Crippen LogP) is 5.45. The fraction of sp³-hybridized carbons (Fsp3) is 0.200. The van der Waals surface area contributed by atoms with Gasteiger partial charge in [0.1, 0.15) is 18.2 Å². The van der Waals surface area contributed by atoms with E-state index in [1.807, 2.05) is 0 Å². The summed E-state index contributed by atoms with van der Waals surface area (Å²) in [5.74, 6) is -0.889. The maximum Gasteiger partial charge on any atom is 0.416 e. The molecule has 0 unspecified atom stereocenters. The molecular weight excluding hydrogens is 379 g/mol. The molecule has 0 aliphatic carbocycles. The quantitative estimate of drug-likeness (QED) is 0.560. The van der Waals surface area contributed by atoms with E-state index in [1.165, 1.54) is 6.07 Å². The second kappa shape index (κ2) is 7.38. The smallest absolute Gasteiger partial charge is 0.416 e. The Kier molecular flexibility index (Phi) is 6.17. The Morgan fingerprint density at radius 1 is 0.840 bits per heavy atom. The van der Waals surface area contributed by atoms with Gasteiger partial charge in [0.05, 0.1) is 16.8 Å². The molecule has 2 nitrogen and oxygen atoms in total. The lowest BCUT2D eigenvalue weighted by Gasteiger charge is -2.14. The zero-order chi connectivity index (χ0) is 18.1. The molecule has 0 spiro atoms. The first-order valence-corrected chi connectivity index (χ1v) is 6.43. The van der Waals surface area contributed by atoms with E-state index in [0.717, 1.165) is 12.1 Å². The minimum atomic E-state index is -4.94. The summed E-state index contributed by atoms with van der Waals surface area (Å²) in [6, 6.07) is 4.40. The van der Waals surface area contributed by atoms with Crippen LogP contribution in [0.25, 0.3) is 0 Å². The van der Waals surface area contributed by atoms with Crippen LogP contribution in [0.2, 0.25) is 0 Å². The maximum absolute atomic E-state index is 13.2. The van der Waals surface area contributed by atoms with Gasteiger partial charge in [0.2, 0.25) is 0 Å². The average molecular weight is 390 g/mol. The third kappa shape index (κ3) is 5.42. The van der Waals surface area contributed by atoms with Crippen LogP contribution in [0.15, 0.2) is 36.4 Å². The molecule has 0 bridgehead atoms. The third-order valence-electron chi connectivity index (χ3n) is 3.02. The number of benzene rings is 2. The summed E-state index contributed by atoms with van der Waals surface area (Å²) in [5, 5.41) is 0. The number of anilines is 1. The lowest BCUT2D eigenvalue weighted by molar-refractivity contribution is -0.143. The summed E-state index contributed by atoms with van der Waals surface area (Å²) in [4.78, 5) is 0. The van der Waals surface area contributed by atoms with Crippen LogP contribution in [0.5, 0.6) is 5.75 Å². The largest absolute Gasteiger partial charge is 0.489 e. The van der Waals surface area contributed by atoms with Gasteiger partial charge in [-0.3, -0.25) is 0 Å². The molecule has 0 aliphatic heterocycles. The van der Waals surface area contributed by atoms with E-state index >= 15 is 0 Å². The number of nitrogen functional groups attached to an aromatic ring is 1. The minimum absolute atomic E-state index is 0. The van der Waals surface area contributed by atoms with Crippen molar-refractivity contribution < 1.29 is 35.5 Å². The molecule has 0 saturated heterocycles. The molecule has 0 fully saturated rings. The number of rotatable bonds is 3. The predicted molar refractivity (Wildman–Crippen MR) is 78.8 cm³/mol. The fourth-order valence-electron chi connectivity index (χ4n) is 1.87. The van der Waals surface area contributed by atoms with Crippen LogP contribution in [0, 0.1) is 5.82 Å². The molecular formula is C15H11ClF7NO. The zero-order valence-corrected chi connectivity index (χ0v) is 13.0. The van der Waals surface area contributed by atoms with Gasteiger partial charge < -0.3 is 10.5 Å². The highest BCUT2D eigenvalue weighted by Crippen LogP contribution is 2.36. The molecule has 2 N–H and O–H groups in total. The van der Waals surface area contributed by atoms with Crippen molar-refractivity contribution in [2.45, 2.75) is 19.0 Å². The maximum atomic E-state index is 13.2. The Hall–Kier alpha value is -2.16. The van der Waals surface area contributed by atoms with Crippen molar-refractivity contribution in [1.82, 2.24) is 0 Å². The van der Waals surface area contributed by atoms with E-state index < -0.39 is 35.9 Å². The van der Waals surface area contributed by atoms with E-state index in [1.54, 1.807) is 0 Å². The van der Waals surface area contributed by atoms with Crippen molar-refractivity contribution in [2.24, 2.45) is 0 Å². The lowest BCUT2D eigenvalue weighted by atomic mass is 10.1.